The molecule has 0 bridgehead atoms. The van der Waals surface area contributed by atoms with E-state index in [4.69, 9.17) is 10.7 Å². The van der Waals surface area contributed by atoms with Gasteiger partial charge in [-0.15, -0.1) is 0 Å². The Kier molecular flexibility index (Phi) is 5.76. The molecule has 0 fully saturated rings. The van der Waals surface area contributed by atoms with E-state index in [-0.39, 0.29) is 6.61 Å². The van der Waals surface area contributed by atoms with E-state index >= 15 is 0 Å². The fraction of sp³-hybridized carbons (Fsp3) is 0.800. The van der Waals surface area contributed by atoms with E-state index in [9.17, 15) is 13.2 Å². The molecule has 0 aliphatic carbocycles. The molecular weight excluding hydrogens is 222 g/mol. The van der Waals surface area contributed by atoms with Crippen LogP contribution in [0.3, 0.4) is 0 Å². The Morgan fingerprint density at radius 3 is 2.54 bits per heavy atom. The van der Waals surface area contributed by atoms with E-state index in [1.165, 1.54) is 11.8 Å². The standard InChI is InChI=1S/C5H10ClNO5S/c1-11-3-2-4-12-5(8)7-13(6,9)10/h2-4H2,1H3,(H,7,8). The Morgan fingerprint density at radius 2 is 2.08 bits per heavy atom. The van der Waals surface area contributed by atoms with Gasteiger partial charge >= 0.3 is 15.3 Å². The molecule has 78 valence electrons. The molecule has 0 unspecified atom stereocenters. The second kappa shape index (κ2) is 6.01. The molecule has 0 saturated carbocycles. The molecule has 0 radical (unpaired) electrons. The summed E-state index contributed by atoms with van der Waals surface area (Å²) in [6.45, 7) is 0.507. The van der Waals surface area contributed by atoms with Crippen molar-refractivity contribution in [3.05, 3.63) is 0 Å². The van der Waals surface area contributed by atoms with Crippen LogP contribution in [-0.4, -0.2) is 34.8 Å². The number of methoxy groups -OCH3 is 1. The van der Waals surface area contributed by atoms with E-state index in [0.717, 1.165) is 0 Å². The van der Waals surface area contributed by atoms with Crippen molar-refractivity contribution in [2.24, 2.45) is 0 Å². The van der Waals surface area contributed by atoms with Gasteiger partial charge in [0, 0.05) is 30.8 Å². The molecule has 0 spiro atoms. The number of rotatable bonds is 5. The topological polar surface area (TPSA) is 81.7 Å². The molecule has 6 nitrogen and oxygen atoms in total. The van der Waals surface area contributed by atoms with Crippen LogP contribution in [0.25, 0.3) is 0 Å². The summed E-state index contributed by atoms with van der Waals surface area (Å²) in [5.41, 5.74) is 0. The average molecular weight is 232 g/mol. The van der Waals surface area contributed by atoms with Gasteiger partial charge in [-0.1, -0.05) is 0 Å². The minimum atomic E-state index is -4.05. The molecule has 1 amide bonds. The molecule has 13 heavy (non-hydrogen) atoms. The van der Waals surface area contributed by atoms with Crippen LogP contribution in [-0.2, 0) is 18.7 Å². The summed E-state index contributed by atoms with van der Waals surface area (Å²) in [6.07, 6.45) is -0.599. The minimum Gasteiger partial charge on any atom is -0.449 e. The van der Waals surface area contributed by atoms with Gasteiger partial charge < -0.3 is 9.47 Å². The molecule has 0 aromatic carbocycles. The number of hydrogen-bond acceptors (Lipinski definition) is 5. The molecule has 0 aliphatic rings. The van der Waals surface area contributed by atoms with Crippen molar-refractivity contribution in [2.45, 2.75) is 6.42 Å². The van der Waals surface area contributed by atoms with Gasteiger partial charge in [-0.3, -0.25) is 0 Å². The Bertz CT molecular complexity index is 252. The fourth-order valence-corrected chi connectivity index (χ4v) is 0.944. The van der Waals surface area contributed by atoms with Gasteiger partial charge in [-0.25, -0.2) is 9.52 Å². The van der Waals surface area contributed by atoms with Gasteiger partial charge in [0.2, 0.25) is 0 Å². The highest BCUT2D eigenvalue weighted by Crippen LogP contribution is 1.91. The van der Waals surface area contributed by atoms with E-state index in [0.29, 0.717) is 13.0 Å². The van der Waals surface area contributed by atoms with Crippen molar-refractivity contribution in [1.29, 1.82) is 0 Å². The van der Waals surface area contributed by atoms with Gasteiger partial charge in [-0.05, 0) is 0 Å². The summed E-state index contributed by atoms with van der Waals surface area (Å²) in [5, 5.41) is 0. The highest BCUT2D eigenvalue weighted by molar-refractivity contribution is 8.12. The quantitative estimate of drug-likeness (QED) is 0.541. The molecule has 0 atom stereocenters. The smallest absolute Gasteiger partial charge is 0.421 e. The first-order valence-corrected chi connectivity index (χ1v) is 5.64. The normalized spacial score (nSPS) is 10.9. The Morgan fingerprint density at radius 1 is 1.46 bits per heavy atom. The van der Waals surface area contributed by atoms with Gasteiger partial charge in [0.15, 0.2) is 0 Å². The van der Waals surface area contributed by atoms with Crippen LogP contribution in [0.5, 0.6) is 0 Å². The fourth-order valence-electron chi connectivity index (χ4n) is 0.497. The number of carbonyl (C=O) groups is 1. The SMILES string of the molecule is COCCCOC(=O)NS(=O)(=O)Cl. The van der Waals surface area contributed by atoms with E-state index in [2.05, 4.69) is 9.47 Å². The highest BCUT2D eigenvalue weighted by Gasteiger charge is 2.10. The third kappa shape index (κ3) is 9.38. The Labute approximate surface area is 80.7 Å². The van der Waals surface area contributed by atoms with Crippen LogP contribution in [0.15, 0.2) is 0 Å². The van der Waals surface area contributed by atoms with Crippen molar-refractivity contribution < 1.29 is 22.7 Å². The first-order chi connectivity index (χ1) is 5.95. The van der Waals surface area contributed by atoms with E-state index in [1.54, 1.807) is 0 Å². The van der Waals surface area contributed by atoms with Crippen molar-refractivity contribution in [3.63, 3.8) is 0 Å². The Hall–Kier alpha value is -0.530. The van der Waals surface area contributed by atoms with Crippen molar-refractivity contribution in [3.8, 4) is 0 Å². The summed E-state index contributed by atoms with van der Waals surface area (Å²) in [7, 11) is 2.16. The zero-order valence-corrected chi connectivity index (χ0v) is 8.52. The lowest BCUT2D eigenvalue weighted by atomic mass is 10.5. The number of amides is 1. The predicted octanol–water partition coefficient (Wildman–Crippen LogP) is 0.233. The van der Waals surface area contributed by atoms with Crippen LogP contribution in [0, 0.1) is 0 Å². The molecule has 8 heteroatoms. The third-order valence-electron chi connectivity index (χ3n) is 0.931. The predicted molar refractivity (Wildman–Crippen MR) is 45.7 cm³/mol. The third-order valence-corrected chi connectivity index (χ3v) is 1.57. The lowest BCUT2D eigenvalue weighted by molar-refractivity contribution is 0.128. The van der Waals surface area contributed by atoms with Crippen LogP contribution in [0.2, 0.25) is 0 Å². The maximum Gasteiger partial charge on any atom is 0.421 e. The largest absolute Gasteiger partial charge is 0.449 e. The number of nitrogens with one attached hydrogen (secondary N) is 1. The van der Waals surface area contributed by atoms with Crippen molar-refractivity contribution in [2.75, 3.05) is 20.3 Å². The molecule has 0 aliphatic heterocycles. The highest BCUT2D eigenvalue weighted by atomic mass is 35.7. The van der Waals surface area contributed by atoms with Gasteiger partial charge in [0.25, 0.3) is 0 Å². The van der Waals surface area contributed by atoms with Crippen LogP contribution in [0.4, 0.5) is 4.79 Å². The Balaban J connectivity index is 3.53. The second-order valence-corrected chi connectivity index (χ2v) is 4.32. The molecule has 0 rings (SSSR count). The van der Waals surface area contributed by atoms with Crippen molar-refractivity contribution >= 4 is 26.0 Å². The number of carbonyl (C=O) groups excluding carboxylic acids is 1. The number of ether oxygens (including phenoxy) is 2. The number of hydrogen-bond donors (Lipinski definition) is 1. The summed E-state index contributed by atoms with van der Waals surface area (Å²) in [6, 6.07) is 0. The average Bonchev–Trinajstić information content (AvgIpc) is 1.94. The molecule has 0 saturated heterocycles. The second-order valence-electron chi connectivity index (χ2n) is 2.02. The maximum atomic E-state index is 10.6. The lowest BCUT2D eigenvalue weighted by Crippen LogP contribution is -2.27. The first-order valence-electron chi connectivity index (χ1n) is 3.34. The molecule has 0 aromatic heterocycles. The van der Waals surface area contributed by atoms with E-state index in [1.807, 2.05) is 0 Å². The van der Waals surface area contributed by atoms with Gasteiger partial charge in [0.05, 0.1) is 6.61 Å². The van der Waals surface area contributed by atoms with Crippen LogP contribution >= 0.6 is 10.7 Å². The van der Waals surface area contributed by atoms with Crippen LogP contribution < -0.4 is 4.72 Å². The summed E-state index contributed by atoms with van der Waals surface area (Å²) >= 11 is 0. The zero-order chi connectivity index (χ0) is 10.3. The lowest BCUT2D eigenvalue weighted by Gasteiger charge is -2.03. The van der Waals surface area contributed by atoms with Gasteiger partial charge in [0.1, 0.15) is 0 Å². The van der Waals surface area contributed by atoms with Crippen molar-refractivity contribution in [1.82, 2.24) is 4.72 Å². The minimum absolute atomic E-state index is 0.0755. The van der Waals surface area contributed by atoms with Crippen LogP contribution in [0.1, 0.15) is 6.42 Å². The van der Waals surface area contributed by atoms with E-state index < -0.39 is 15.3 Å². The number of halogens is 1. The van der Waals surface area contributed by atoms with Gasteiger partial charge in [-0.2, -0.15) is 8.42 Å². The molecule has 1 N–H and O–H groups in total. The molecule has 0 aromatic rings. The molecular formula is C5H10ClNO5S. The molecule has 0 heterocycles. The zero-order valence-electron chi connectivity index (χ0n) is 6.95. The summed E-state index contributed by atoms with van der Waals surface area (Å²) < 4.78 is 31.0. The summed E-state index contributed by atoms with van der Waals surface area (Å²) in [5.74, 6) is 0. The maximum absolute atomic E-state index is 10.6. The monoisotopic (exact) mass is 231 g/mol. The summed E-state index contributed by atoms with van der Waals surface area (Å²) in [4.78, 5) is 10.6. The first kappa shape index (κ1) is 12.5.